The molecule has 0 aliphatic carbocycles. The maximum atomic E-state index is 6.12. The van der Waals surface area contributed by atoms with Crippen molar-refractivity contribution < 1.29 is 9.26 Å². The van der Waals surface area contributed by atoms with Gasteiger partial charge in [0.2, 0.25) is 0 Å². The van der Waals surface area contributed by atoms with Gasteiger partial charge < -0.3 is 25.2 Å². The lowest BCUT2D eigenvalue weighted by molar-refractivity contribution is 0.163. The second kappa shape index (κ2) is 7.94. The van der Waals surface area contributed by atoms with Gasteiger partial charge in [-0.3, -0.25) is 0 Å². The molecule has 2 aromatic rings. The van der Waals surface area contributed by atoms with Gasteiger partial charge in [0.1, 0.15) is 11.6 Å². The minimum atomic E-state index is 0.613. The van der Waals surface area contributed by atoms with Crippen molar-refractivity contribution >= 4 is 11.5 Å². The van der Waals surface area contributed by atoms with Crippen LogP contribution in [0.1, 0.15) is 11.5 Å². The van der Waals surface area contributed by atoms with Crippen LogP contribution < -0.4 is 11.1 Å². The molecule has 2 heterocycles. The minimum Gasteiger partial charge on any atom is -0.396 e. The van der Waals surface area contributed by atoms with Gasteiger partial charge in [-0.1, -0.05) is 5.16 Å². The summed E-state index contributed by atoms with van der Waals surface area (Å²) in [5.41, 5.74) is 9.44. The van der Waals surface area contributed by atoms with Crippen LogP contribution in [0.4, 0.5) is 11.5 Å². The van der Waals surface area contributed by atoms with Crippen LogP contribution >= 0.6 is 0 Å². The molecule has 23 heavy (non-hydrogen) atoms. The van der Waals surface area contributed by atoms with Crippen molar-refractivity contribution in [3.63, 3.8) is 0 Å². The van der Waals surface area contributed by atoms with Crippen LogP contribution in [-0.4, -0.2) is 55.4 Å². The molecule has 0 amide bonds. The number of likely N-dealkylation sites (N-methyl/N-ethyl adjacent to an activating group) is 1. The first-order chi connectivity index (χ1) is 11.0. The van der Waals surface area contributed by atoms with Gasteiger partial charge in [-0.15, -0.1) is 0 Å². The quantitative estimate of drug-likeness (QED) is 0.768. The number of pyridine rings is 1. The van der Waals surface area contributed by atoms with E-state index in [1.165, 1.54) is 0 Å². The number of hydrogen-bond donors (Lipinski definition) is 2. The summed E-state index contributed by atoms with van der Waals surface area (Å²) < 4.78 is 10.3. The zero-order valence-electron chi connectivity index (χ0n) is 14.2. The molecule has 0 aromatic carbocycles. The summed E-state index contributed by atoms with van der Waals surface area (Å²) in [5.74, 6) is 1.46. The maximum Gasteiger partial charge on any atom is 0.149 e. The third-order valence-electron chi connectivity index (χ3n) is 3.70. The van der Waals surface area contributed by atoms with Crippen molar-refractivity contribution in [1.29, 1.82) is 0 Å². The van der Waals surface area contributed by atoms with Gasteiger partial charge in [0.25, 0.3) is 0 Å². The molecule has 126 valence electrons. The van der Waals surface area contributed by atoms with Crippen LogP contribution in [0.2, 0.25) is 0 Å². The third-order valence-corrected chi connectivity index (χ3v) is 3.70. The van der Waals surface area contributed by atoms with Crippen molar-refractivity contribution in [2.45, 2.75) is 13.8 Å². The number of hydrogen-bond acceptors (Lipinski definition) is 7. The number of nitrogen functional groups attached to an aromatic ring is 1. The number of nitrogens with two attached hydrogens (primary N) is 1. The highest BCUT2D eigenvalue weighted by Crippen LogP contribution is 2.29. The molecule has 0 fully saturated rings. The summed E-state index contributed by atoms with van der Waals surface area (Å²) in [7, 11) is 3.76. The molecule has 0 unspecified atom stereocenters. The van der Waals surface area contributed by atoms with Gasteiger partial charge in [0, 0.05) is 44.1 Å². The molecule has 0 bridgehead atoms. The fraction of sp³-hybridized carbons (Fsp3) is 0.500. The molecule has 7 heteroatoms. The van der Waals surface area contributed by atoms with Crippen LogP contribution in [0, 0.1) is 13.8 Å². The Morgan fingerprint density at radius 3 is 2.74 bits per heavy atom. The van der Waals surface area contributed by atoms with Crippen molar-refractivity contribution in [2.75, 3.05) is 51.4 Å². The van der Waals surface area contributed by atoms with Crippen LogP contribution in [0.25, 0.3) is 11.1 Å². The highest BCUT2D eigenvalue weighted by Gasteiger charge is 2.13. The summed E-state index contributed by atoms with van der Waals surface area (Å²) >= 11 is 0. The van der Waals surface area contributed by atoms with E-state index in [0.717, 1.165) is 48.8 Å². The number of methoxy groups -OCH3 is 1. The summed E-state index contributed by atoms with van der Waals surface area (Å²) in [6, 6.07) is 1.90. The number of rotatable bonds is 8. The van der Waals surface area contributed by atoms with Gasteiger partial charge in [-0.25, -0.2) is 4.98 Å². The SMILES string of the molecule is COCCN(C)CCNc1ncc(-c2c(C)noc2C)cc1N. The van der Waals surface area contributed by atoms with E-state index >= 15 is 0 Å². The summed E-state index contributed by atoms with van der Waals surface area (Å²) in [6.45, 7) is 7.06. The molecule has 7 nitrogen and oxygen atoms in total. The van der Waals surface area contributed by atoms with Crippen LogP contribution in [0.15, 0.2) is 16.8 Å². The van der Waals surface area contributed by atoms with Crippen molar-refractivity contribution in [2.24, 2.45) is 0 Å². The molecule has 0 spiro atoms. The lowest BCUT2D eigenvalue weighted by Gasteiger charge is -2.17. The van der Waals surface area contributed by atoms with E-state index < -0.39 is 0 Å². The van der Waals surface area contributed by atoms with Crippen LogP contribution in [0.3, 0.4) is 0 Å². The Balaban J connectivity index is 1.98. The molecular weight excluding hydrogens is 294 g/mol. The summed E-state index contributed by atoms with van der Waals surface area (Å²) in [6.07, 6.45) is 1.79. The van der Waals surface area contributed by atoms with E-state index in [0.29, 0.717) is 11.5 Å². The lowest BCUT2D eigenvalue weighted by Crippen LogP contribution is -2.28. The number of nitrogens with zero attached hydrogens (tertiary/aromatic N) is 3. The Kier molecular flexibility index (Phi) is 5.95. The second-order valence-corrected chi connectivity index (χ2v) is 5.58. The fourth-order valence-corrected chi connectivity index (χ4v) is 2.39. The van der Waals surface area contributed by atoms with Crippen molar-refractivity contribution in [1.82, 2.24) is 15.0 Å². The van der Waals surface area contributed by atoms with Gasteiger partial charge >= 0.3 is 0 Å². The Morgan fingerprint density at radius 2 is 2.13 bits per heavy atom. The van der Waals surface area contributed by atoms with Crippen molar-refractivity contribution in [3.8, 4) is 11.1 Å². The highest BCUT2D eigenvalue weighted by atomic mass is 16.5. The molecule has 0 atom stereocenters. The lowest BCUT2D eigenvalue weighted by atomic mass is 10.1. The number of aryl methyl sites for hydroxylation is 2. The largest absolute Gasteiger partial charge is 0.396 e. The van der Waals surface area contributed by atoms with E-state index in [1.54, 1.807) is 13.3 Å². The number of ether oxygens (including phenoxy) is 1. The van der Waals surface area contributed by atoms with E-state index in [1.807, 2.05) is 19.9 Å². The molecule has 2 aromatic heterocycles. The molecule has 0 aliphatic rings. The molecule has 0 radical (unpaired) electrons. The van der Waals surface area contributed by atoms with Crippen molar-refractivity contribution in [3.05, 3.63) is 23.7 Å². The standard InChI is InChI=1S/C16H25N5O2/c1-11-15(12(2)23-20-11)13-9-14(17)16(19-10-13)18-5-6-21(3)7-8-22-4/h9-10H,5-8,17H2,1-4H3,(H,18,19). The molecule has 0 saturated heterocycles. The minimum absolute atomic E-state index is 0.613. The Labute approximate surface area is 136 Å². The zero-order valence-corrected chi connectivity index (χ0v) is 14.2. The topological polar surface area (TPSA) is 89.4 Å². The van der Waals surface area contributed by atoms with Crippen LogP contribution in [-0.2, 0) is 4.74 Å². The zero-order chi connectivity index (χ0) is 16.8. The summed E-state index contributed by atoms with van der Waals surface area (Å²) in [4.78, 5) is 6.61. The first kappa shape index (κ1) is 17.2. The average Bonchev–Trinajstić information content (AvgIpc) is 2.86. The Morgan fingerprint density at radius 1 is 1.35 bits per heavy atom. The first-order valence-electron chi connectivity index (χ1n) is 7.63. The predicted molar refractivity (Wildman–Crippen MR) is 91.5 cm³/mol. The average molecular weight is 319 g/mol. The van der Waals surface area contributed by atoms with Gasteiger partial charge in [0.15, 0.2) is 0 Å². The predicted octanol–water partition coefficient (Wildman–Crippen LogP) is 1.93. The van der Waals surface area contributed by atoms with E-state index in [2.05, 4.69) is 27.4 Å². The molecule has 3 N–H and O–H groups in total. The smallest absolute Gasteiger partial charge is 0.149 e. The fourth-order valence-electron chi connectivity index (χ4n) is 2.39. The van der Waals surface area contributed by atoms with Gasteiger partial charge in [-0.2, -0.15) is 0 Å². The monoisotopic (exact) mass is 319 g/mol. The van der Waals surface area contributed by atoms with Gasteiger partial charge in [-0.05, 0) is 27.0 Å². The van der Waals surface area contributed by atoms with E-state index in [9.17, 15) is 0 Å². The number of anilines is 2. The van der Waals surface area contributed by atoms with E-state index in [-0.39, 0.29) is 0 Å². The molecule has 2 rings (SSSR count). The maximum absolute atomic E-state index is 6.12. The van der Waals surface area contributed by atoms with Gasteiger partial charge in [0.05, 0.1) is 18.0 Å². The third kappa shape index (κ3) is 4.43. The Hall–Kier alpha value is -2.12. The molecular formula is C16H25N5O2. The van der Waals surface area contributed by atoms with E-state index in [4.69, 9.17) is 15.0 Å². The summed E-state index contributed by atoms with van der Waals surface area (Å²) in [5, 5.41) is 7.23. The number of nitrogens with one attached hydrogen (secondary N) is 1. The normalized spacial score (nSPS) is 11.2. The molecule has 0 saturated carbocycles. The highest BCUT2D eigenvalue weighted by molar-refractivity contribution is 5.74. The second-order valence-electron chi connectivity index (χ2n) is 5.58. The molecule has 0 aliphatic heterocycles. The van der Waals surface area contributed by atoms with Crippen LogP contribution in [0.5, 0.6) is 0 Å². The Bertz CT molecular complexity index is 622. The first-order valence-corrected chi connectivity index (χ1v) is 7.63. The number of aromatic nitrogens is 2.